The Morgan fingerprint density at radius 3 is 2.76 bits per heavy atom. The molecular formula is C15H17ClN2O3. The second-order valence-electron chi connectivity index (χ2n) is 4.74. The summed E-state index contributed by atoms with van der Waals surface area (Å²) in [5.41, 5.74) is 0.900. The normalized spacial score (nSPS) is 12.0. The first-order valence-electron chi connectivity index (χ1n) is 6.66. The molecule has 2 aromatic rings. The molecule has 112 valence electrons. The number of hydrogen-bond acceptors (Lipinski definition) is 4. The number of nitrogens with zero attached hydrogens (tertiary/aromatic N) is 1. The van der Waals surface area contributed by atoms with Crippen molar-refractivity contribution in [3.05, 3.63) is 40.6 Å². The van der Waals surface area contributed by atoms with Crippen LogP contribution in [0, 0.1) is 13.8 Å². The Morgan fingerprint density at radius 2 is 2.19 bits per heavy atom. The molecule has 0 fully saturated rings. The van der Waals surface area contributed by atoms with E-state index in [1.807, 2.05) is 13.8 Å². The molecule has 1 N–H and O–H groups in total. The number of aryl methyl sites for hydroxylation is 2. The number of nitrogens with one attached hydrogen (secondary N) is 1. The van der Waals surface area contributed by atoms with Gasteiger partial charge in [-0.2, -0.15) is 0 Å². The summed E-state index contributed by atoms with van der Waals surface area (Å²) in [6.07, 6.45) is -0.0766. The summed E-state index contributed by atoms with van der Waals surface area (Å²) in [6, 6.07) is 6.94. The maximum absolute atomic E-state index is 12.2. The van der Waals surface area contributed by atoms with Gasteiger partial charge in [0.25, 0.3) is 5.91 Å². The first-order chi connectivity index (χ1) is 9.99. The quantitative estimate of drug-likeness (QED) is 0.914. The zero-order valence-corrected chi connectivity index (χ0v) is 12.9. The average Bonchev–Trinajstić information content (AvgIpc) is 2.85. The summed E-state index contributed by atoms with van der Waals surface area (Å²) in [7, 11) is 0. The Balaban J connectivity index is 2.04. The van der Waals surface area contributed by atoms with Crippen LogP contribution in [0.15, 0.2) is 28.8 Å². The number of hydrogen-bond donors (Lipinski definition) is 1. The number of carbonyl (C=O) groups is 1. The summed E-state index contributed by atoms with van der Waals surface area (Å²) in [5.74, 6) is 1.35. The van der Waals surface area contributed by atoms with Crippen LogP contribution in [-0.4, -0.2) is 17.2 Å². The van der Waals surface area contributed by atoms with Crippen molar-refractivity contribution in [3.63, 3.8) is 0 Å². The number of amides is 1. The zero-order valence-electron chi connectivity index (χ0n) is 12.1. The lowest BCUT2D eigenvalue weighted by molar-refractivity contribution is -0.122. The van der Waals surface area contributed by atoms with Crippen LogP contribution in [0.5, 0.6) is 5.75 Å². The fourth-order valence-electron chi connectivity index (χ4n) is 1.81. The van der Waals surface area contributed by atoms with Crippen LogP contribution in [0.2, 0.25) is 5.02 Å². The summed E-state index contributed by atoms with van der Waals surface area (Å²) >= 11 is 5.97. The van der Waals surface area contributed by atoms with Gasteiger partial charge >= 0.3 is 0 Å². The molecule has 1 amide bonds. The Hall–Kier alpha value is -2.01. The number of ether oxygens (including phenoxy) is 1. The van der Waals surface area contributed by atoms with Gasteiger partial charge in [0.1, 0.15) is 11.5 Å². The van der Waals surface area contributed by atoms with Crippen LogP contribution in [0.25, 0.3) is 0 Å². The van der Waals surface area contributed by atoms with Gasteiger partial charge in [-0.25, -0.2) is 0 Å². The Labute approximate surface area is 128 Å². The summed E-state index contributed by atoms with van der Waals surface area (Å²) in [6.45, 7) is 5.52. The second kappa shape index (κ2) is 6.63. The molecule has 0 aliphatic heterocycles. The molecule has 0 bridgehead atoms. The van der Waals surface area contributed by atoms with E-state index in [0.29, 0.717) is 28.8 Å². The minimum absolute atomic E-state index is 0.265. The van der Waals surface area contributed by atoms with E-state index in [1.54, 1.807) is 31.2 Å². The highest BCUT2D eigenvalue weighted by molar-refractivity contribution is 6.31. The molecule has 1 aromatic carbocycles. The van der Waals surface area contributed by atoms with Crippen molar-refractivity contribution >= 4 is 23.3 Å². The Morgan fingerprint density at radius 1 is 1.43 bits per heavy atom. The summed E-state index contributed by atoms with van der Waals surface area (Å²) in [4.78, 5) is 12.2. The molecule has 0 saturated carbocycles. The lowest BCUT2D eigenvalue weighted by Crippen LogP contribution is -2.32. The van der Waals surface area contributed by atoms with Crippen LogP contribution >= 0.6 is 11.6 Å². The molecule has 0 spiro atoms. The van der Waals surface area contributed by atoms with Gasteiger partial charge in [-0.05, 0) is 44.0 Å². The molecular weight excluding hydrogens is 292 g/mol. The van der Waals surface area contributed by atoms with Gasteiger partial charge in [0.2, 0.25) is 0 Å². The highest BCUT2D eigenvalue weighted by atomic mass is 35.5. The number of rotatable bonds is 5. The molecule has 1 heterocycles. The molecule has 0 saturated heterocycles. The summed E-state index contributed by atoms with van der Waals surface area (Å²) in [5, 5.41) is 7.06. The van der Waals surface area contributed by atoms with E-state index in [-0.39, 0.29) is 5.91 Å². The molecule has 0 aliphatic carbocycles. The molecule has 5 nitrogen and oxygen atoms in total. The van der Waals surface area contributed by atoms with Gasteiger partial charge < -0.3 is 14.6 Å². The number of halogens is 1. The van der Waals surface area contributed by atoms with Crippen LogP contribution in [0.1, 0.15) is 24.7 Å². The largest absolute Gasteiger partial charge is 0.481 e. The lowest BCUT2D eigenvalue weighted by atomic mass is 10.2. The van der Waals surface area contributed by atoms with Gasteiger partial charge in [-0.1, -0.05) is 23.7 Å². The number of aromatic nitrogens is 1. The predicted molar refractivity (Wildman–Crippen MR) is 80.8 cm³/mol. The Bertz CT molecular complexity index is 640. The minimum Gasteiger partial charge on any atom is -0.481 e. The second-order valence-corrected chi connectivity index (χ2v) is 5.14. The van der Waals surface area contributed by atoms with Crippen LogP contribution in [0.4, 0.5) is 5.82 Å². The number of anilines is 1. The van der Waals surface area contributed by atoms with Crippen molar-refractivity contribution in [3.8, 4) is 5.75 Å². The molecule has 0 unspecified atom stereocenters. The first kappa shape index (κ1) is 15.4. The lowest BCUT2D eigenvalue weighted by Gasteiger charge is -2.17. The Kier molecular flexibility index (Phi) is 4.85. The van der Waals surface area contributed by atoms with Gasteiger partial charge in [0, 0.05) is 11.1 Å². The molecule has 6 heteroatoms. The summed E-state index contributed by atoms with van der Waals surface area (Å²) < 4.78 is 10.6. The van der Waals surface area contributed by atoms with Crippen LogP contribution < -0.4 is 10.1 Å². The van der Waals surface area contributed by atoms with Crippen molar-refractivity contribution in [2.75, 3.05) is 5.32 Å². The topological polar surface area (TPSA) is 64.4 Å². The van der Waals surface area contributed by atoms with E-state index in [4.69, 9.17) is 20.9 Å². The predicted octanol–water partition coefficient (Wildman–Crippen LogP) is 3.74. The van der Waals surface area contributed by atoms with Crippen LogP contribution in [-0.2, 0) is 4.79 Å². The third-order valence-corrected chi connectivity index (χ3v) is 3.37. The number of carbonyl (C=O) groups excluding carboxylic acids is 1. The van der Waals surface area contributed by atoms with E-state index in [0.717, 1.165) is 5.56 Å². The van der Waals surface area contributed by atoms with Gasteiger partial charge in [-0.15, -0.1) is 0 Å². The van der Waals surface area contributed by atoms with E-state index < -0.39 is 6.10 Å². The molecule has 21 heavy (non-hydrogen) atoms. The maximum atomic E-state index is 12.2. The molecule has 1 aromatic heterocycles. The third-order valence-electron chi connectivity index (χ3n) is 2.95. The minimum atomic E-state index is -0.609. The van der Waals surface area contributed by atoms with Crippen molar-refractivity contribution in [2.45, 2.75) is 33.3 Å². The maximum Gasteiger partial charge on any atom is 0.266 e. The number of benzene rings is 1. The van der Waals surface area contributed by atoms with Crippen molar-refractivity contribution < 1.29 is 14.1 Å². The highest BCUT2D eigenvalue weighted by Crippen LogP contribution is 2.22. The SMILES string of the molecule is CC[C@H](Oc1ccc(Cl)c(C)c1)C(=O)Nc1cc(C)on1. The smallest absolute Gasteiger partial charge is 0.266 e. The van der Waals surface area contributed by atoms with Crippen molar-refractivity contribution in [1.82, 2.24) is 5.16 Å². The molecule has 0 aliphatic rings. The van der Waals surface area contributed by atoms with Crippen molar-refractivity contribution in [1.29, 1.82) is 0 Å². The van der Waals surface area contributed by atoms with E-state index in [9.17, 15) is 4.79 Å². The zero-order chi connectivity index (χ0) is 15.4. The fourth-order valence-corrected chi connectivity index (χ4v) is 1.93. The standard InChI is InChI=1S/C15H17ClN2O3/c1-4-13(15(19)17-14-8-10(3)21-18-14)20-11-5-6-12(16)9(2)7-11/h5-8,13H,4H2,1-3H3,(H,17,18,19)/t13-/m0/s1. The average molecular weight is 309 g/mol. The first-order valence-corrected chi connectivity index (χ1v) is 7.04. The van der Waals surface area contributed by atoms with Gasteiger partial charge in [-0.3, -0.25) is 4.79 Å². The molecule has 0 radical (unpaired) electrons. The van der Waals surface area contributed by atoms with E-state index >= 15 is 0 Å². The van der Waals surface area contributed by atoms with E-state index in [2.05, 4.69) is 10.5 Å². The van der Waals surface area contributed by atoms with Gasteiger partial charge in [0.15, 0.2) is 11.9 Å². The van der Waals surface area contributed by atoms with E-state index in [1.165, 1.54) is 0 Å². The van der Waals surface area contributed by atoms with Crippen molar-refractivity contribution in [2.24, 2.45) is 0 Å². The molecule has 1 atom stereocenters. The highest BCUT2D eigenvalue weighted by Gasteiger charge is 2.20. The monoisotopic (exact) mass is 308 g/mol. The van der Waals surface area contributed by atoms with Gasteiger partial charge in [0.05, 0.1) is 0 Å². The fraction of sp³-hybridized carbons (Fsp3) is 0.333. The van der Waals surface area contributed by atoms with Crippen LogP contribution in [0.3, 0.4) is 0 Å². The molecule has 2 rings (SSSR count). The third kappa shape index (κ3) is 3.98.